The minimum Gasteiger partial charge on any atom is -0.468 e. The molecule has 1 aromatic carbocycles. The van der Waals surface area contributed by atoms with Gasteiger partial charge in [0, 0.05) is 31.5 Å². The Hall–Kier alpha value is -3.19. The Balaban J connectivity index is 1.18. The summed E-state index contributed by atoms with van der Waals surface area (Å²) >= 11 is 0. The molecule has 3 aliphatic heterocycles. The Morgan fingerprint density at radius 1 is 1.06 bits per heavy atom. The zero-order valence-electron chi connectivity index (χ0n) is 18.7. The Morgan fingerprint density at radius 3 is 2.64 bits per heavy atom. The van der Waals surface area contributed by atoms with E-state index in [4.69, 9.17) is 9.40 Å². The van der Waals surface area contributed by atoms with E-state index in [2.05, 4.69) is 4.90 Å². The van der Waals surface area contributed by atoms with Gasteiger partial charge in [-0.05, 0) is 55.6 Å². The van der Waals surface area contributed by atoms with Crippen LogP contribution in [0.3, 0.4) is 0 Å². The number of fused-ring (bicyclic) bond motifs is 2. The molecule has 7 nitrogen and oxygen atoms in total. The smallest absolute Gasteiger partial charge is 0.258 e. The molecule has 3 aliphatic rings. The van der Waals surface area contributed by atoms with Gasteiger partial charge >= 0.3 is 0 Å². The van der Waals surface area contributed by atoms with Gasteiger partial charge in [0.05, 0.1) is 30.6 Å². The van der Waals surface area contributed by atoms with Gasteiger partial charge in [0.1, 0.15) is 11.6 Å². The molecule has 0 N–H and O–H groups in total. The first kappa shape index (κ1) is 20.4. The number of carbonyl (C=O) groups is 1. The van der Waals surface area contributed by atoms with Crippen molar-refractivity contribution in [2.24, 2.45) is 5.41 Å². The maximum absolute atomic E-state index is 13.5. The molecular weight excluding hydrogens is 416 g/mol. The second kappa shape index (κ2) is 7.99. The highest BCUT2D eigenvalue weighted by Gasteiger charge is 2.42. The number of rotatable bonds is 3. The number of aromatic nitrogens is 2. The van der Waals surface area contributed by atoms with Crippen molar-refractivity contribution in [2.45, 2.75) is 45.3 Å². The van der Waals surface area contributed by atoms with Crippen LogP contribution in [0.2, 0.25) is 0 Å². The fraction of sp³-hybridized carbons (Fsp3) is 0.423. The molecule has 3 aromatic rings. The summed E-state index contributed by atoms with van der Waals surface area (Å²) in [7, 11) is 0. The SMILES string of the molecule is O=C(c1ccccc1)N1CCc2nc3n(c(=O)c2C1)CC1(CCN(Cc2ccco2)CC1)C3. The normalized spacial score (nSPS) is 19.5. The lowest BCUT2D eigenvalue weighted by Gasteiger charge is -2.38. The summed E-state index contributed by atoms with van der Waals surface area (Å²) in [4.78, 5) is 35.6. The van der Waals surface area contributed by atoms with Crippen LogP contribution in [0, 0.1) is 5.41 Å². The molecule has 33 heavy (non-hydrogen) atoms. The van der Waals surface area contributed by atoms with Crippen LogP contribution in [-0.2, 0) is 32.5 Å². The number of piperidine rings is 1. The lowest BCUT2D eigenvalue weighted by Crippen LogP contribution is -2.42. The van der Waals surface area contributed by atoms with Gasteiger partial charge in [-0.1, -0.05) is 18.2 Å². The van der Waals surface area contributed by atoms with Crippen molar-refractivity contribution in [3.05, 3.63) is 87.5 Å². The van der Waals surface area contributed by atoms with Gasteiger partial charge in [-0.3, -0.25) is 19.1 Å². The van der Waals surface area contributed by atoms with Gasteiger partial charge in [-0.15, -0.1) is 0 Å². The summed E-state index contributed by atoms with van der Waals surface area (Å²) in [6, 6.07) is 13.3. The molecule has 0 radical (unpaired) electrons. The third-order valence-corrected chi connectivity index (χ3v) is 7.61. The highest BCUT2D eigenvalue weighted by atomic mass is 16.3. The number of amides is 1. The number of likely N-dealkylation sites (tertiary alicyclic amines) is 1. The van der Waals surface area contributed by atoms with Crippen molar-refractivity contribution in [2.75, 3.05) is 19.6 Å². The largest absolute Gasteiger partial charge is 0.468 e. The molecule has 1 fully saturated rings. The number of carbonyl (C=O) groups excluding carboxylic acids is 1. The maximum atomic E-state index is 13.5. The molecule has 0 saturated carbocycles. The average Bonchev–Trinajstić information content (AvgIpc) is 3.49. The standard InChI is InChI=1S/C26H28N4O3/c31-24(19-5-2-1-3-6-19)29-11-8-22-21(17-29)25(32)30-18-26(15-23(30)27-22)9-12-28(13-10-26)16-20-7-4-14-33-20/h1-7,14H,8-13,15-18H2. The summed E-state index contributed by atoms with van der Waals surface area (Å²) in [5.74, 6) is 1.91. The summed E-state index contributed by atoms with van der Waals surface area (Å²) in [5.41, 5.74) is 2.41. The lowest BCUT2D eigenvalue weighted by atomic mass is 9.77. The van der Waals surface area contributed by atoms with E-state index in [1.807, 2.05) is 47.0 Å². The predicted octanol–water partition coefficient (Wildman–Crippen LogP) is 2.87. The van der Waals surface area contributed by atoms with Crippen LogP contribution in [0.15, 0.2) is 57.9 Å². The molecular formula is C26H28N4O3. The highest BCUT2D eigenvalue weighted by Crippen LogP contribution is 2.41. The number of nitrogens with zero attached hydrogens (tertiary/aromatic N) is 4. The third-order valence-electron chi connectivity index (χ3n) is 7.61. The minimum atomic E-state index is -0.0217. The van der Waals surface area contributed by atoms with Gasteiger partial charge in [0.15, 0.2) is 0 Å². The van der Waals surface area contributed by atoms with Crippen LogP contribution in [0.1, 0.15) is 46.0 Å². The molecule has 1 saturated heterocycles. The minimum absolute atomic E-state index is 0.0217. The first-order valence-corrected chi connectivity index (χ1v) is 11.8. The van der Waals surface area contributed by atoms with E-state index in [9.17, 15) is 9.59 Å². The summed E-state index contributed by atoms with van der Waals surface area (Å²) in [6.07, 6.45) is 5.35. The van der Waals surface area contributed by atoms with Crippen molar-refractivity contribution in [1.29, 1.82) is 0 Å². The van der Waals surface area contributed by atoms with Gasteiger partial charge in [-0.2, -0.15) is 0 Å². The molecule has 0 bridgehead atoms. The quantitative estimate of drug-likeness (QED) is 0.621. The second-order valence-corrected chi connectivity index (χ2v) is 9.72. The number of hydrogen-bond donors (Lipinski definition) is 0. The Morgan fingerprint density at radius 2 is 1.88 bits per heavy atom. The topological polar surface area (TPSA) is 71.6 Å². The van der Waals surface area contributed by atoms with E-state index in [-0.39, 0.29) is 16.9 Å². The van der Waals surface area contributed by atoms with E-state index in [1.54, 1.807) is 11.2 Å². The van der Waals surface area contributed by atoms with E-state index < -0.39 is 0 Å². The van der Waals surface area contributed by atoms with Crippen LogP contribution >= 0.6 is 0 Å². The zero-order valence-corrected chi connectivity index (χ0v) is 18.7. The van der Waals surface area contributed by atoms with Crippen LogP contribution < -0.4 is 5.56 Å². The van der Waals surface area contributed by atoms with Crippen molar-refractivity contribution in [1.82, 2.24) is 19.4 Å². The van der Waals surface area contributed by atoms with Crippen LogP contribution in [0.5, 0.6) is 0 Å². The van der Waals surface area contributed by atoms with Gasteiger partial charge in [0.25, 0.3) is 11.5 Å². The van der Waals surface area contributed by atoms with Crippen LogP contribution in [0.25, 0.3) is 0 Å². The monoisotopic (exact) mass is 444 g/mol. The van der Waals surface area contributed by atoms with Crippen molar-refractivity contribution in [3.8, 4) is 0 Å². The van der Waals surface area contributed by atoms with Crippen LogP contribution in [0.4, 0.5) is 0 Å². The molecule has 0 aliphatic carbocycles. The Labute approximate surface area is 192 Å². The molecule has 7 heteroatoms. The summed E-state index contributed by atoms with van der Waals surface area (Å²) < 4.78 is 7.41. The number of benzene rings is 1. The lowest BCUT2D eigenvalue weighted by molar-refractivity contribution is 0.0731. The van der Waals surface area contributed by atoms with E-state index in [0.717, 1.165) is 62.7 Å². The van der Waals surface area contributed by atoms with Gasteiger partial charge in [0.2, 0.25) is 0 Å². The molecule has 2 aromatic heterocycles. The maximum Gasteiger partial charge on any atom is 0.258 e. The highest BCUT2D eigenvalue weighted by molar-refractivity contribution is 5.94. The third kappa shape index (κ3) is 3.70. The molecule has 0 atom stereocenters. The van der Waals surface area contributed by atoms with E-state index in [1.165, 1.54) is 0 Å². The molecule has 1 amide bonds. The van der Waals surface area contributed by atoms with Crippen molar-refractivity contribution >= 4 is 5.91 Å². The molecule has 0 unspecified atom stereocenters. The average molecular weight is 445 g/mol. The fourth-order valence-electron chi connectivity index (χ4n) is 5.67. The zero-order chi connectivity index (χ0) is 22.4. The summed E-state index contributed by atoms with van der Waals surface area (Å²) in [5, 5.41) is 0. The van der Waals surface area contributed by atoms with E-state index >= 15 is 0 Å². The van der Waals surface area contributed by atoms with Crippen LogP contribution in [-0.4, -0.2) is 44.9 Å². The Bertz CT molecular complexity index is 1220. The fourth-order valence-corrected chi connectivity index (χ4v) is 5.67. The Kier molecular flexibility index (Phi) is 4.94. The van der Waals surface area contributed by atoms with Crippen molar-refractivity contribution < 1.29 is 9.21 Å². The predicted molar refractivity (Wildman–Crippen MR) is 123 cm³/mol. The number of hydrogen-bond acceptors (Lipinski definition) is 5. The van der Waals surface area contributed by atoms with Gasteiger partial charge in [-0.25, -0.2) is 4.98 Å². The summed E-state index contributed by atoms with van der Waals surface area (Å²) in [6.45, 7) is 4.53. The van der Waals surface area contributed by atoms with Crippen molar-refractivity contribution in [3.63, 3.8) is 0 Å². The first-order valence-electron chi connectivity index (χ1n) is 11.8. The van der Waals surface area contributed by atoms with Gasteiger partial charge < -0.3 is 9.32 Å². The molecule has 5 heterocycles. The molecule has 1 spiro atoms. The first-order chi connectivity index (χ1) is 16.1. The number of furan rings is 1. The molecule has 6 rings (SSSR count). The molecule has 170 valence electrons. The second-order valence-electron chi connectivity index (χ2n) is 9.72. The van der Waals surface area contributed by atoms with E-state index in [0.29, 0.717) is 30.6 Å².